The second-order valence-corrected chi connectivity index (χ2v) is 9.36. The molecule has 2 aromatic rings. The van der Waals surface area contributed by atoms with E-state index in [1.54, 1.807) is 11.3 Å². The molecular weight excluding hydrogens is 408 g/mol. The number of benzene rings is 1. The van der Waals surface area contributed by atoms with Crippen LogP contribution < -0.4 is 0 Å². The number of hydrogen-bond donors (Lipinski definition) is 0. The van der Waals surface area contributed by atoms with Crippen molar-refractivity contribution in [1.82, 2.24) is 19.6 Å². The Bertz CT molecular complexity index is 877. The molecule has 0 bridgehead atoms. The highest BCUT2D eigenvalue weighted by Crippen LogP contribution is 2.14. The van der Waals surface area contributed by atoms with E-state index in [0.29, 0.717) is 13.1 Å². The van der Waals surface area contributed by atoms with Gasteiger partial charge in [0.05, 0.1) is 12.1 Å². The maximum atomic E-state index is 12.9. The van der Waals surface area contributed by atoms with Gasteiger partial charge in [0.15, 0.2) is 0 Å². The van der Waals surface area contributed by atoms with Crippen molar-refractivity contribution in [2.45, 2.75) is 19.9 Å². The van der Waals surface area contributed by atoms with Gasteiger partial charge in [0.25, 0.3) is 5.91 Å². The smallest absolute Gasteiger partial charge is 0.254 e. The summed E-state index contributed by atoms with van der Waals surface area (Å²) < 4.78 is 0. The number of hydrogen-bond acceptors (Lipinski definition) is 5. The highest BCUT2D eigenvalue weighted by molar-refractivity contribution is 7.08. The van der Waals surface area contributed by atoms with Crippen molar-refractivity contribution in [2.75, 3.05) is 58.9 Å². The molecule has 0 saturated carbocycles. The lowest BCUT2D eigenvalue weighted by atomic mass is 10.1. The number of amides is 2. The molecule has 4 rings (SSSR count). The Kier molecular flexibility index (Phi) is 7.37. The van der Waals surface area contributed by atoms with Gasteiger partial charge in [0.1, 0.15) is 0 Å². The predicted octanol–water partition coefficient (Wildman–Crippen LogP) is 2.55. The highest BCUT2D eigenvalue weighted by Gasteiger charge is 2.25. The van der Waals surface area contributed by atoms with E-state index in [9.17, 15) is 9.59 Å². The fraction of sp³-hybridized carbons (Fsp3) is 0.500. The van der Waals surface area contributed by atoms with Crippen LogP contribution >= 0.6 is 11.3 Å². The lowest BCUT2D eigenvalue weighted by Gasteiger charge is -2.35. The third kappa shape index (κ3) is 5.93. The number of aryl methyl sites for hydroxylation is 1. The number of carbonyl (C=O) groups excluding carboxylic acids is 2. The number of carbonyl (C=O) groups is 2. The van der Waals surface area contributed by atoms with Crippen LogP contribution in [0.5, 0.6) is 0 Å². The van der Waals surface area contributed by atoms with Gasteiger partial charge in [0.2, 0.25) is 5.91 Å². The summed E-state index contributed by atoms with van der Waals surface area (Å²) >= 11 is 1.55. The van der Waals surface area contributed by atoms with Crippen LogP contribution in [0.3, 0.4) is 0 Å². The van der Waals surface area contributed by atoms with Gasteiger partial charge in [-0.15, -0.1) is 0 Å². The lowest BCUT2D eigenvalue weighted by molar-refractivity contribution is -0.134. The highest BCUT2D eigenvalue weighted by atomic mass is 32.1. The molecule has 2 fully saturated rings. The molecule has 0 unspecified atom stereocenters. The first-order chi connectivity index (χ1) is 15.1. The largest absolute Gasteiger partial charge is 0.339 e. The van der Waals surface area contributed by atoms with Gasteiger partial charge in [-0.05, 0) is 30.4 Å². The Morgan fingerprint density at radius 3 is 2.42 bits per heavy atom. The molecule has 31 heavy (non-hydrogen) atoms. The summed E-state index contributed by atoms with van der Waals surface area (Å²) in [7, 11) is 0. The third-order valence-corrected chi connectivity index (χ3v) is 6.90. The molecule has 2 saturated heterocycles. The van der Waals surface area contributed by atoms with Gasteiger partial charge in [-0.2, -0.15) is 11.3 Å². The molecule has 1 aromatic carbocycles. The van der Waals surface area contributed by atoms with Crippen molar-refractivity contribution < 1.29 is 9.59 Å². The minimum absolute atomic E-state index is 0.110. The quantitative estimate of drug-likeness (QED) is 0.717. The van der Waals surface area contributed by atoms with Crippen molar-refractivity contribution in [3.63, 3.8) is 0 Å². The van der Waals surface area contributed by atoms with Gasteiger partial charge in [-0.3, -0.25) is 19.4 Å². The zero-order valence-corrected chi connectivity index (χ0v) is 19.1. The predicted molar refractivity (Wildman–Crippen MR) is 124 cm³/mol. The Labute approximate surface area is 189 Å². The number of piperazine rings is 1. The first-order valence-electron chi connectivity index (χ1n) is 11.2. The van der Waals surface area contributed by atoms with Gasteiger partial charge >= 0.3 is 0 Å². The normalized spacial score (nSPS) is 18.7. The summed E-state index contributed by atoms with van der Waals surface area (Å²) in [5, 5.41) is 3.85. The van der Waals surface area contributed by atoms with Crippen molar-refractivity contribution in [3.05, 3.63) is 57.8 Å². The zero-order chi connectivity index (χ0) is 21.6. The fourth-order valence-electron chi connectivity index (χ4n) is 4.42. The Hall–Kier alpha value is -2.22. The van der Waals surface area contributed by atoms with Crippen molar-refractivity contribution in [3.8, 4) is 0 Å². The van der Waals surface area contributed by atoms with Gasteiger partial charge in [-0.1, -0.05) is 29.8 Å². The maximum Gasteiger partial charge on any atom is 0.254 e. The van der Waals surface area contributed by atoms with Crippen molar-refractivity contribution in [2.24, 2.45) is 0 Å². The minimum Gasteiger partial charge on any atom is -0.339 e. The summed E-state index contributed by atoms with van der Waals surface area (Å²) in [6, 6.07) is 10.5. The summed E-state index contributed by atoms with van der Waals surface area (Å²) in [6.45, 7) is 10.0. The lowest BCUT2D eigenvalue weighted by Crippen LogP contribution is -2.51. The molecule has 7 heteroatoms. The summed E-state index contributed by atoms with van der Waals surface area (Å²) in [6.07, 6.45) is 0.910. The van der Waals surface area contributed by atoms with Crippen LogP contribution in [0, 0.1) is 6.92 Å². The maximum absolute atomic E-state index is 12.9. The number of thiophene rings is 1. The van der Waals surface area contributed by atoms with E-state index in [-0.39, 0.29) is 11.8 Å². The molecule has 166 valence electrons. The Morgan fingerprint density at radius 1 is 0.903 bits per heavy atom. The Balaban J connectivity index is 1.21. The molecule has 2 aliphatic heterocycles. The van der Waals surface area contributed by atoms with Crippen LogP contribution in [0.25, 0.3) is 0 Å². The van der Waals surface area contributed by atoms with E-state index in [1.165, 1.54) is 11.1 Å². The summed E-state index contributed by atoms with van der Waals surface area (Å²) in [5.74, 6) is 0.326. The molecule has 6 nitrogen and oxygen atoms in total. The first kappa shape index (κ1) is 22.0. The molecule has 0 radical (unpaired) electrons. The molecule has 2 amide bonds. The first-order valence-corrected chi connectivity index (χ1v) is 12.1. The molecular formula is C24H32N4O2S. The van der Waals surface area contributed by atoms with Gasteiger partial charge in [0, 0.05) is 64.3 Å². The average Bonchev–Trinajstić information content (AvgIpc) is 3.21. The van der Waals surface area contributed by atoms with E-state index >= 15 is 0 Å². The van der Waals surface area contributed by atoms with E-state index in [4.69, 9.17) is 0 Å². The van der Waals surface area contributed by atoms with Crippen LogP contribution in [0.2, 0.25) is 0 Å². The fourth-order valence-corrected chi connectivity index (χ4v) is 5.05. The molecule has 0 atom stereocenters. The van der Waals surface area contributed by atoms with Gasteiger partial charge < -0.3 is 9.80 Å². The zero-order valence-electron chi connectivity index (χ0n) is 18.3. The molecule has 0 N–H and O–H groups in total. The molecule has 2 aliphatic rings. The van der Waals surface area contributed by atoms with Crippen molar-refractivity contribution in [1.29, 1.82) is 0 Å². The number of rotatable bonds is 5. The minimum atomic E-state index is 0.110. The summed E-state index contributed by atoms with van der Waals surface area (Å²) in [5.41, 5.74) is 3.41. The third-order valence-electron chi connectivity index (χ3n) is 6.22. The van der Waals surface area contributed by atoms with E-state index < -0.39 is 0 Å². The van der Waals surface area contributed by atoms with Crippen molar-refractivity contribution >= 4 is 23.2 Å². The molecule has 1 aromatic heterocycles. The summed E-state index contributed by atoms with van der Waals surface area (Å²) in [4.78, 5) is 34.1. The molecule has 0 aliphatic carbocycles. The van der Waals surface area contributed by atoms with E-state index in [0.717, 1.165) is 64.3 Å². The van der Waals surface area contributed by atoms with E-state index in [2.05, 4.69) is 41.0 Å². The Morgan fingerprint density at radius 2 is 1.68 bits per heavy atom. The molecule has 0 spiro atoms. The van der Waals surface area contributed by atoms with Crippen LogP contribution in [0.4, 0.5) is 0 Å². The molecule has 3 heterocycles. The van der Waals surface area contributed by atoms with E-state index in [1.807, 2.05) is 26.6 Å². The van der Waals surface area contributed by atoms with Gasteiger partial charge in [-0.25, -0.2) is 0 Å². The van der Waals surface area contributed by atoms with Crippen LogP contribution in [0.1, 0.15) is 27.9 Å². The standard InChI is InChI=1S/C24H32N4O2S/c1-20-4-2-5-21(16-20)17-26-9-12-27(13-10-26)23(29)18-25-7-3-8-28(14-11-25)24(30)22-6-15-31-19-22/h2,4-6,15-16,19H,3,7-14,17-18H2,1H3. The van der Waals surface area contributed by atoms with Crippen LogP contribution in [-0.4, -0.2) is 90.3 Å². The van der Waals surface area contributed by atoms with Crippen LogP contribution in [0.15, 0.2) is 41.1 Å². The van der Waals surface area contributed by atoms with Crippen LogP contribution in [-0.2, 0) is 11.3 Å². The average molecular weight is 441 g/mol. The second-order valence-electron chi connectivity index (χ2n) is 8.58. The monoisotopic (exact) mass is 440 g/mol. The number of nitrogens with zero attached hydrogens (tertiary/aromatic N) is 4. The topological polar surface area (TPSA) is 47.1 Å². The second kappa shape index (κ2) is 10.4. The SMILES string of the molecule is Cc1cccc(CN2CCN(C(=O)CN3CCCN(C(=O)c4ccsc4)CC3)CC2)c1.